The molecular formula is C18H16N2O2. The van der Waals surface area contributed by atoms with Crippen molar-refractivity contribution in [1.29, 1.82) is 0 Å². The zero-order chi connectivity index (χ0) is 15.5. The van der Waals surface area contributed by atoms with Crippen molar-refractivity contribution in [3.05, 3.63) is 82.6 Å². The normalized spacial score (nSPS) is 12.0. The topological polar surface area (TPSA) is 55.1 Å². The summed E-state index contributed by atoms with van der Waals surface area (Å²) in [6.07, 6.45) is 0. The average Bonchev–Trinajstić information content (AvgIpc) is 2.56. The highest BCUT2D eigenvalue weighted by Gasteiger charge is 2.11. The van der Waals surface area contributed by atoms with Gasteiger partial charge in [0, 0.05) is 11.6 Å². The van der Waals surface area contributed by atoms with Crippen LogP contribution in [0.5, 0.6) is 5.75 Å². The Morgan fingerprint density at radius 3 is 2.32 bits per heavy atom. The van der Waals surface area contributed by atoms with E-state index < -0.39 is 0 Å². The number of phenolic OH excluding ortho intramolecular Hbond substituents is 1. The fourth-order valence-corrected chi connectivity index (χ4v) is 2.36. The molecule has 1 atom stereocenters. The first-order valence-corrected chi connectivity index (χ1v) is 7.09. The van der Waals surface area contributed by atoms with E-state index in [4.69, 9.17) is 0 Å². The molecule has 0 aliphatic rings. The van der Waals surface area contributed by atoms with Crippen molar-refractivity contribution in [3.63, 3.8) is 0 Å². The minimum absolute atomic E-state index is 0.140. The van der Waals surface area contributed by atoms with Crippen molar-refractivity contribution in [2.75, 3.05) is 0 Å². The number of aromatic nitrogens is 2. The summed E-state index contributed by atoms with van der Waals surface area (Å²) in [6.45, 7) is 1.95. The first-order chi connectivity index (χ1) is 10.6. The Hall–Kier alpha value is -2.88. The molecular weight excluding hydrogens is 276 g/mol. The SMILES string of the molecule is CC(c1ccccc1)n1nc(-c2ccc(O)cc2)ccc1=O. The molecule has 0 aliphatic heterocycles. The Balaban J connectivity index is 2.04. The third kappa shape index (κ3) is 2.76. The van der Waals surface area contributed by atoms with E-state index in [0.717, 1.165) is 11.1 Å². The summed E-state index contributed by atoms with van der Waals surface area (Å²) < 4.78 is 1.48. The number of hydrogen-bond donors (Lipinski definition) is 1. The molecule has 0 saturated carbocycles. The van der Waals surface area contributed by atoms with Crippen molar-refractivity contribution in [2.24, 2.45) is 0 Å². The van der Waals surface area contributed by atoms with Crippen LogP contribution in [0.2, 0.25) is 0 Å². The Kier molecular flexibility index (Phi) is 3.74. The van der Waals surface area contributed by atoms with Crippen LogP contribution in [-0.2, 0) is 0 Å². The van der Waals surface area contributed by atoms with E-state index >= 15 is 0 Å². The first-order valence-electron chi connectivity index (χ1n) is 7.09. The minimum Gasteiger partial charge on any atom is -0.508 e. The maximum absolute atomic E-state index is 12.1. The molecule has 0 aliphatic carbocycles. The molecule has 22 heavy (non-hydrogen) atoms. The number of hydrogen-bond acceptors (Lipinski definition) is 3. The van der Waals surface area contributed by atoms with Crippen molar-refractivity contribution < 1.29 is 5.11 Å². The lowest BCUT2D eigenvalue weighted by Crippen LogP contribution is -2.26. The predicted molar refractivity (Wildman–Crippen MR) is 85.9 cm³/mol. The van der Waals surface area contributed by atoms with Crippen molar-refractivity contribution in [3.8, 4) is 17.0 Å². The average molecular weight is 292 g/mol. The Labute approximate surface area is 128 Å². The Morgan fingerprint density at radius 1 is 0.955 bits per heavy atom. The van der Waals surface area contributed by atoms with Gasteiger partial charge in [0.1, 0.15) is 5.75 Å². The van der Waals surface area contributed by atoms with Crippen LogP contribution in [0, 0.1) is 0 Å². The number of rotatable bonds is 3. The zero-order valence-corrected chi connectivity index (χ0v) is 12.2. The van der Waals surface area contributed by atoms with Gasteiger partial charge in [0.2, 0.25) is 0 Å². The van der Waals surface area contributed by atoms with Crippen molar-refractivity contribution in [1.82, 2.24) is 9.78 Å². The van der Waals surface area contributed by atoms with Gasteiger partial charge in [-0.25, -0.2) is 4.68 Å². The molecule has 0 spiro atoms. The molecule has 0 saturated heterocycles. The number of nitrogens with zero attached hydrogens (tertiary/aromatic N) is 2. The van der Waals surface area contributed by atoms with E-state index in [1.165, 1.54) is 10.7 Å². The lowest BCUT2D eigenvalue weighted by atomic mass is 10.1. The summed E-state index contributed by atoms with van der Waals surface area (Å²) in [4.78, 5) is 12.1. The highest BCUT2D eigenvalue weighted by Crippen LogP contribution is 2.20. The number of phenols is 1. The van der Waals surface area contributed by atoms with Crippen LogP contribution < -0.4 is 5.56 Å². The minimum atomic E-state index is -0.147. The Bertz CT molecular complexity index is 824. The lowest BCUT2D eigenvalue weighted by molar-refractivity contribution is 0.475. The Morgan fingerprint density at radius 2 is 1.64 bits per heavy atom. The lowest BCUT2D eigenvalue weighted by Gasteiger charge is -2.15. The maximum atomic E-state index is 12.1. The molecule has 2 aromatic carbocycles. The summed E-state index contributed by atoms with van der Waals surface area (Å²) in [5.74, 6) is 0.203. The largest absolute Gasteiger partial charge is 0.508 e. The van der Waals surface area contributed by atoms with E-state index in [9.17, 15) is 9.90 Å². The van der Waals surface area contributed by atoms with E-state index in [1.807, 2.05) is 37.3 Å². The van der Waals surface area contributed by atoms with Gasteiger partial charge in [-0.1, -0.05) is 30.3 Å². The van der Waals surface area contributed by atoms with Crippen LogP contribution >= 0.6 is 0 Å². The van der Waals surface area contributed by atoms with Gasteiger partial charge in [0.05, 0.1) is 11.7 Å². The maximum Gasteiger partial charge on any atom is 0.267 e. The van der Waals surface area contributed by atoms with E-state index in [2.05, 4.69) is 5.10 Å². The van der Waals surface area contributed by atoms with Crippen LogP contribution in [0.4, 0.5) is 0 Å². The number of benzene rings is 2. The molecule has 1 heterocycles. The van der Waals surface area contributed by atoms with Crippen LogP contribution in [0.15, 0.2) is 71.5 Å². The summed E-state index contributed by atoms with van der Waals surface area (Å²) >= 11 is 0. The van der Waals surface area contributed by atoms with Crippen LogP contribution in [0.3, 0.4) is 0 Å². The highest BCUT2D eigenvalue weighted by atomic mass is 16.3. The fraction of sp³-hybridized carbons (Fsp3) is 0.111. The summed E-state index contributed by atoms with van der Waals surface area (Å²) in [5, 5.41) is 13.8. The first kappa shape index (κ1) is 14.1. The molecule has 1 aromatic heterocycles. The summed E-state index contributed by atoms with van der Waals surface area (Å²) in [5.41, 5.74) is 2.44. The molecule has 3 rings (SSSR count). The molecule has 0 bridgehead atoms. The second-order valence-electron chi connectivity index (χ2n) is 5.13. The molecule has 110 valence electrons. The molecule has 0 fully saturated rings. The highest BCUT2D eigenvalue weighted by molar-refractivity contribution is 5.59. The quantitative estimate of drug-likeness (QED) is 0.806. The van der Waals surface area contributed by atoms with Gasteiger partial charge in [0.15, 0.2) is 0 Å². The van der Waals surface area contributed by atoms with Gasteiger partial charge >= 0.3 is 0 Å². The molecule has 0 amide bonds. The van der Waals surface area contributed by atoms with Crippen molar-refractivity contribution in [2.45, 2.75) is 13.0 Å². The van der Waals surface area contributed by atoms with E-state index in [1.54, 1.807) is 30.3 Å². The number of aromatic hydroxyl groups is 1. The molecule has 4 nitrogen and oxygen atoms in total. The van der Waals surface area contributed by atoms with Crippen LogP contribution in [-0.4, -0.2) is 14.9 Å². The third-order valence-corrected chi connectivity index (χ3v) is 3.64. The smallest absolute Gasteiger partial charge is 0.267 e. The molecule has 3 aromatic rings. The van der Waals surface area contributed by atoms with Gasteiger partial charge in [-0.3, -0.25) is 4.79 Å². The second kappa shape index (κ2) is 5.85. The van der Waals surface area contributed by atoms with Crippen LogP contribution in [0.1, 0.15) is 18.5 Å². The van der Waals surface area contributed by atoms with Gasteiger partial charge in [0.25, 0.3) is 5.56 Å². The van der Waals surface area contributed by atoms with E-state index in [-0.39, 0.29) is 17.4 Å². The molecule has 4 heteroatoms. The molecule has 1 unspecified atom stereocenters. The fourth-order valence-electron chi connectivity index (χ4n) is 2.36. The van der Waals surface area contributed by atoms with Crippen LogP contribution in [0.25, 0.3) is 11.3 Å². The molecule has 1 N–H and O–H groups in total. The second-order valence-corrected chi connectivity index (χ2v) is 5.13. The predicted octanol–water partition coefficient (Wildman–Crippen LogP) is 3.23. The zero-order valence-electron chi connectivity index (χ0n) is 12.2. The van der Waals surface area contributed by atoms with Gasteiger partial charge < -0.3 is 5.11 Å². The summed E-state index contributed by atoms with van der Waals surface area (Å²) in [7, 11) is 0. The van der Waals surface area contributed by atoms with Gasteiger partial charge in [-0.05, 0) is 42.8 Å². The molecule has 0 radical (unpaired) electrons. The van der Waals surface area contributed by atoms with Gasteiger partial charge in [-0.15, -0.1) is 0 Å². The summed E-state index contributed by atoms with van der Waals surface area (Å²) in [6, 6.07) is 19.6. The monoisotopic (exact) mass is 292 g/mol. The standard InChI is InChI=1S/C18H16N2O2/c1-13(14-5-3-2-4-6-14)20-18(22)12-11-17(19-20)15-7-9-16(21)10-8-15/h2-13,21H,1H3. The third-order valence-electron chi connectivity index (χ3n) is 3.64. The van der Waals surface area contributed by atoms with Crippen molar-refractivity contribution >= 4 is 0 Å². The van der Waals surface area contributed by atoms with E-state index in [0.29, 0.717) is 5.69 Å². The van der Waals surface area contributed by atoms with Gasteiger partial charge in [-0.2, -0.15) is 5.10 Å².